The van der Waals surface area contributed by atoms with E-state index in [1.54, 1.807) is 0 Å². The average Bonchev–Trinajstić information content (AvgIpc) is 3.49. The molecule has 0 fully saturated rings. The van der Waals surface area contributed by atoms with Crippen LogP contribution in [0.25, 0.3) is 60.6 Å². The lowest BCUT2D eigenvalue weighted by atomic mass is 9.78. The molecule has 7 aromatic carbocycles. The molecule has 0 radical (unpaired) electrons. The number of rotatable bonds is 4. The molecule has 55 heavy (non-hydrogen) atoms. The number of allylic oxidation sites excluding steroid dienone is 5. The SMILES string of the molecule is CC1(C)c2cc(-c3ccc(C4=CC=C5C=CC6=C(NC(c7ccccc7)C=C6)C5N4)c4ccccc34)ccc2-c2c(-c3ccccc3)cc3ccccc3c21. The lowest BCUT2D eigenvalue weighted by molar-refractivity contribution is 0.613. The maximum absolute atomic E-state index is 3.97. The second-order valence-corrected chi connectivity index (χ2v) is 15.8. The summed E-state index contributed by atoms with van der Waals surface area (Å²) in [5, 5.41) is 13.0. The molecular weight excluding hydrogens is 665 g/mol. The lowest BCUT2D eigenvalue weighted by Crippen LogP contribution is -2.42. The Labute approximate surface area is 322 Å². The van der Waals surface area contributed by atoms with E-state index in [1.807, 2.05) is 0 Å². The Balaban J connectivity index is 0.988. The summed E-state index contributed by atoms with van der Waals surface area (Å²) in [4.78, 5) is 0. The monoisotopic (exact) mass is 704 g/mol. The van der Waals surface area contributed by atoms with Crippen molar-refractivity contribution in [3.63, 3.8) is 0 Å². The molecule has 0 saturated carbocycles. The van der Waals surface area contributed by atoms with Crippen LogP contribution < -0.4 is 10.6 Å². The van der Waals surface area contributed by atoms with E-state index in [0.717, 1.165) is 5.70 Å². The first-order valence-electron chi connectivity index (χ1n) is 19.4. The van der Waals surface area contributed by atoms with Gasteiger partial charge in [-0.2, -0.15) is 0 Å². The van der Waals surface area contributed by atoms with Crippen LogP contribution in [0.2, 0.25) is 0 Å². The lowest BCUT2D eigenvalue weighted by Gasteiger charge is -2.36. The summed E-state index contributed by atoms with van der Waals surface area (Å²) in [6.45, 7) is 4.82. The summed E-state index contributed by atoms with van der Waals surface area (Å²) in [6, 6.07) is 53.8. The van der Waals surface area contributed by atoms with E-state index in [2.05, 4.69) is 207 Å². The molecule has 2 aliphatic heterocycles. The van der Waals surface area contributed by atoms with Crippen molar-refractivity contribution in [2.24, 2.45) is 0 Å². The van der Waals surface area contributed by atoms with Gasteiger partial charge in [-0.15, -0.1) is 0 Å². The van der Waals surface area contributed by atoms with Gasteiger partial charge in [0.25, 0.3) is 0 Å². The predicted molar refractivity (Wildman–Crippen MR) is 230 cm³/mol. The van der Waals surface area contributed by atoms with E-state index in [0.29, 0.717) is 0 Å². The van der Waals surface area contributed by atoms with Gasteiger partial charge in [0.2, 0.25) is 0 Å². The van der Waals surface area contributed by atoms with Crippen molar-refractivity contribution in [3.8, 4) is 33.4 Å². The van der Waals surface area contributed by atoms with Crippen LogP contribution in [0.4, 0.5) is 0 Å². The molecule has 2 aliphatic carbocycles. The number of fused-ring (bicyclic) bond motifs is 8. The van der Waals surface area contributed by atoms with Gasteiger partial charge in [-0.3, -0.25) is 0 Å². The quantitative estimate of drug-likeness (QED) is 0.191. The molecule has 7 aromatic rings. The Kier molecular flexibility index (Phi) is 7.06. The fourth-order valence-electron chi connectivity index (χ4n) is 9.63. The fraction of sp³-hybridized carbons (Fsp3) is 0.0943. The van der Waals surface area contributed by atoms with E-state index in [-0.39, 0.29) is 17.5 Å². The van der Waals surface area contributed by atoms with Gasteiger partial charge in [0.15, 0.2) is 0 Å². The zero-order valence-electron chi connectivity index (χ0n) is 31.0. The van der Waals surface area contributed by atoms with E-state index in [1.165, 1.54) is 94.0 Å². The molecule has 11 rings (SSSR count). The van der Waals surface area contributed by atoms with Crippen molar-refractivity contribution in [2.45, 2.75) is 31.3 Å². The highest BCUT2D eigenvalue weighted by atomic mass is 15.0. The zero-order valence-corrected chi connectivity index (χ0v) is 31.0. The highest BCUT2D eigenvalue weighted by Gasteiger charge is 2.39. The normalized spacial score (nSPS) is 18.8. The Morgan fingerprint density at radius 2 is 1.22 bits per heavy atom. The van der Waals surface area contributed by atoms with Gasteiger partial charge in [-0.05, 0) is 101 Å². The molecule has 2 unspecified atom stereocenters. The van der Waals surface area contributed by atoms with Crippen LogP contribution in [0.3, 0.4) is 0 Å². The van der Waals surface area contributed by atoms with Crippen molar-refractivity contribution >= 4 is 27.2 Å². The third-order valence-electron chi connectivity index (χ3n) is 12.3. The smallest absolute Gasteiger partial charge is 0.0920 e. The van der Waals surface area contributed by atoms with Crippen LogP contribution in [0.15, 0.2) is 199 Å². The van der Waals surface area contributed by atoms with Gasteiger partial charge < -0.3 is 10.6 Å². The van der Waals surface area contributed by atoms with E-state index in [9.17, 15) is 0 Å². The first-order chi connectivity index (χ1) is 27.0. The van der Waals surface area contributed by atoms with Crippen molar-refractivity contribution in [1.82, 2.24) is 10.6 Å². The average molecular weight is 705 g/mol. The number of benzene rings is 7. The minimum Gasteiger partial charge on any atom is -0.376 e. The molecular formula is C53H40N2. The minimum absolute atomic E-state index is 0.0482. The van der Waals surface area contributed by atoms with Gasteiger partial charge in [0.1, 0.15) is 0 Å². The molecule has 0 bridgehead atoms. The topological polar surface area (TPSA) is 24.1 Å². The number of nitrogens with one attached hydrogen (secondary N) is 2. The molecule has 2 nitrogen and oxygen atoms in total. The standard InChI is InChI=1S/C53H40N2/c1-53(2)46-32-38(23-26-44(46)49-45(33-13-5-3-6-14-33)31-37-17-9-10-18-40(37)50(49)53)39-27-28-43(42-20-12-11-19-41(39)42)48-30-25-36-22-21-35-24-29-47(34-15-7-4-8-16-34)54-51(35)52(36)55-48/h3-32,47,52,54-55H,1-2H3. The number of hydrogen-bond donors (Lipinski definition) is 2. The van der Waals surface area contributed by atoms with Gasteiger partial charge in [-0.25, -0.2) is 0 Å². The summed E-state index contributed by atoms with van der Waals surface area (Å²) in [5.74, 6) is 0. The van der Waals surface area contributed by atoms with Gasteiger partial charge >= 0.3 is 0 Å². The predicted octanol–water partition coefficient (Wildman–Crippen LogP) is 12.6. The van der Waals surface area contributed by atoms with Crippen LogP contribution in [0, 0.1) is 0 Å². The van der Waals surface area contributed by atoms with Crippen LogP contribution in [-0.2, 0) is 5.41 Å². The number of dihydropyridines is 2. The molecule has 0 saturated heterocycles. The zero-order chi connectivity index (χ0) is 36.7. The van der Waals surface area contributed by atoms with E-state index >= 15 is 0 Å². The summed E-state index contributed by atoms with van der Waals surface area (Å²) >= 11 is 0. The van der Waals surface area contributed by atoms with Gasteiger partial charge in [-0.1, -0.05) is 178 Å². The summed E-state index contributed by atoms with van der Waals surface area (Å²) in [7, 11) is 0. The third-order valence-corrected chi connectivity index (χ3v) is 12.3. The Bertz CT molecular complexity index is 2880. The maximum atomic E-state index is 3.97. The summed E-state index contributed by atoms with van der Waals surface area (Å²) in [6.07, 6.45) is 13.5. The van der Waals surface area contributed by atoms with Crippen LogP contribution in [0.1, 0.15) is 42.1 Å². The van der Waals surface area contributed by atoms with E-state index < -0.39 is 0 Å². The van der Waals surface area contributed by atoms with Crippen molar-refractivity contribution in [2.75, 3.05) is 0 Å². The molecule has 262 valence electrons. The molecule has 0 amide bonds. The highest BCUT2D eigenvalue weighted by molar-refractivity contribution is 6.07. The van der Waals surface area contributed by atoms with Crippen molar-refractivity contribution < 1.29 is 0 Å². The molecule has 2 N–H and O–H groups in total. The third kappa shape index (κ3) is 4.95. The van der Waals surface area contributed by atoms with Crippen LogP contribution in [0.5, 0.6) is 0 Å². The molecule has 2 atom stereocenters. The first-order valence-corrected chi connectivity index (χ1v) is 19.4. The minimum atomic E-state index is -0.175. The van der Waals surface area contributed by atoms with Gasteiger partial charge in [0, 0.05) is 22.4 Å². The number of hydrogen-bond acceptors (Lipinski definition) is 2. The fourth-order valence-corrected chi connectivity index (χ4v) is 9.63. The first kappa shape index (κ1) is 31.8. The molecule has 0 aromatic heterocycles. The van der Waals surface area contributed by atoms with Crippen molar-refractivity contribution in [1.29, 1.82) is 0 Å². The van der Waals surface area contributed by atoms with Crippen LogP contribution >= 0.6 is 0 Å². The molecule has 0 spiro atoms. The Hall–Kier alpha value is -6.64. The van der Waals surface area contributed by atoms with Gasteiger partial charge in [0.05, 0.1) is 12.1 Å². The second kappa shape index (κ2) is 12.2. The molecule has 4 aliphatic rings. The maximum Gasteiger partial charge on any atom is 0.0920 e. The summed E-state index contributed by atoms with van der Waals surface area (Å²) in [5.41, 5.74) is 17.7. The Morgan fingerprint density at radius 1 is 0.527 bits per heavy atom. The molecule has 2 heteroatoms. The van der Waals surface area contributed by atoms with E-state index in [4.69, 9.17) is 0 Å². The molecule has 2 heterocycles. The van der Waals surface area contributed by atoms with Crippen molar-refractivity contribution in [3.05, 3.63) is 221 Å². The second-order valence-electron chi connectivity index (χ2n) is 15.8. The summed E-state index contributed by atoms with van der Waals surface area (Å²) < 4.78 is 0. The van der Waals surface area contributed by atoms with Crippen LogP contribution in [-0.4, -0.2) is 6.04 Å². The largest absolute Gasteiger partial charge is 0.376 e. The highest BCUT2D eigenvalue weighted by Crippen LogP contribution is 2.55. The Morgan fingerprint density at radius 3 is 2.04 bits per heavy atom.